The molecule has 2 heteroatoms. The van der Waals surface area contributed by atoms with Crippen molar-refractivity contribution < 1.29 is 9.59 Å². The van der Waals surface area contributed by atoms with E-state index in [4.69, 9.17) is 0 Å². The number of Topliss-reactive ketones (excluding diaryl/α,β-unsaturated/α-hetero) is 2. The Balaban J connectivity index is 0.000000180. The standard InChI is InChI=1S/2C8H8O/c2*1-7(9)8-5-3-2-4-6-8/h2*2-6H,1H3. The van der Waals surface area contributed by atoms with E-state index in [-0.39, 0.29) is 11.6 Å². The van der Waals surface area contributed by atoms with Crippen molar-refractivity contribution in [3.8, 4) is 0 Å². The highest BCUT2D eigenvalue weighted by Gasteiger charge is 1.93. The van der Waals surface area contributed by atoms with Crippen molar-refractivity contribution in [2.75, 3.05) is 0 Å². The molecule has 0 aliphatic carbocycles. The van der Waals surface area contributed by atoms with Gasteiger partial charge < -0.3 is 0 Å². The third-order valence-electron chi connectivity index (χ3n) is 2.36. The van der Waals surface area contributed by atoms with Gasteiger partial charge in [-0.2, -0.15) is 0 Å². The third kappa shape index (κ3) is 4.74. The second-order valence-electron chi connectivity index (χ2n) is 3.84. The topological polar surface area (TPSA) is 34.1 Å². The highest BCUT2D eigenvalue weighted by Crippen LogP contribution is 1.98. The molecular weight excluding hydrogens is 224 g/mol. The predicted octanol–water partition coefficient (Wildman–Crippen LogP) is 3.78. The molecule has 0 unspecified atom stereocenters. The van der Waals surface area contributed by atoms with E-state index in [0.29, 0.717) is 0 Å². The number of hydrogen-bond acceptors (Lipinski definition) is 2. The molecule has 0 aliphatic heterocycles. The van der Waals surface area contributed by atoms with Gasteiger partial charge in [0.15, 0.2) is 11.6 Å². The Labute approximate surface area is 107 Å². The van der Waals surface area contributed by atoms with Crippen molar-refractivity contribution in [3.63, 3.8) is 0 Å². The maximum Gasteiger partial charge on any atom is 0.159 e. The summed E-state index contributed by atoms with van der Waals surface area (Å²) in [5, 5.41) is 0. The van der Waals surface area contributed by atoms with E-state index < -0.39 is 0 Å². The van der Waals surface area contributed by atoms with E-state index in [2.05, 4.69) is 0 Å². The van der Waals surface area contributed by atoms with E-state index in [1.807, 2.05) is 60.7 Å². The lowest BCUT2D eigenvalue weighted by Crippen LogP contribution is -1.88. The normalized spacial score (nSPS) is 9.00. The molecule has 2 rings (SSSR count). The third-order valence-corrected chi connectivity index (χ3v) is 2.36. The van der Waals surface area contributed by atoms with Gasteiger partial charge in [0.2, 0.25) is 0 Å². The van der Waals surface area contributed by atoms with Crippen LogP contribution in [0.4, 0.5) is 0 Å². The van der Waals surface area contributed by atoms with Crippen LogP contribution in [-0.2, 0) is 0 Å². The fourth-order valence-corrected chi connectivity index (χ4v) is 1.35. The monoisotopic (exact) mass is 240 g/mol. The molecule has 0 heterocycles. The summed E-state index contributed by atoms with van der Waals surface area (Å²) >= 11 is 0. The minimum absolute atomic E-state index is 0.121. The zero-order chi connectivity index (χ0) is 13.4. The van der Waals surface area contributed by atoms with Gasteiger partial charge in [-0.1, -0.05) is 60.7 Å². The number of carbonyl (C=O) groups is 2. The van der Waals surface area contributed by atoms with Gasteiger partial charge in [-0.05, 0) is 13.8 Å². The molecule has 0 saturated heterocycles. The molecule has 0 bridgehead atoms. The van der Waals surface area contributed by atoms with Gasteiger partial charge in [0, 0.05) is 11.1 Å². The van der Waals surface area contributed by atoms with E-state index in [1.165, 1.54) is 0 Å². The molecule has 0 aromatic heterocycles. The molecule has 2 aromatic rings. The molecule has 0 aliphatic rings. The van der Waals surface area contributed by atoms with Crippen LogP contribution < -0.4 is 0 Å². The summed E-state index contributed by atoms with van der Waals surface area (Å²) in [6.07, 6.45) is 0. The van der Waals surface area contributed by atoms with Crippen molar-refractivity contribution in [2.24, 2.45) is 0 Å². The first-order valence-corrected chi connectivity index (χ1v) is 5.73. The van der Waals surface area contributed by atoms with Crippen LogP contribution in [0.2, 0.25) is 0 Å². The Bertz CT molecular complexity index is 452. The van der Waals surface area contributed by atoms with Gasteiger partial charge in [0.1, 0.15) is 0 Å². The van der Waals surface area contributed by atoms with Gasteiger partial charge in [0.25, 0.3) is 0 Å². The summed E-state index contributed by atoms with van der Waals surface area (Å²) in [6.45, 7) is 3.13. The van der Waals surface area contributed by atoms with Crippen molar-refractivity contribution in [2.45, 2.75) is 13.8 Å². The van der Waals surface area contributed by atoms with Crippen LogP contribution in [0.3, 0.4) is 0 Å². The Kier molecular flexibility index (Phi) is 5.52. The van der Waals surface area contributed by atoms with Crippen LogP contribution in [0.1, 0.15) is 34.6 Å². The molecule has 0 N–H and O–H groups in total. The van der Waals surface area contributed by atoms with Crippen molar-refractivity contribution in [1.82, 2.24) is 0 Å². The Morgan fingerprint density at radius 1 is 0.611 bits per heavy atom. The zero-order valence-electron chi connectivity index (χ0n) is 10.6. The zero-order valence-corrected chi connectivity index (χ0v) is 10.6. The molecule has 92 valence electrons. The summed E-state index contributed by atoms with van der Waals surface area (Å²) in [6, 6.07) is 18.5. The fourth-order valence-electron chi connectivity index (χ4n) is 1.35. The maximum atomic E-state index is 10.6. The fraction of sp³-hybridized carbons (Fsp3) is 0.125. The lowest BCUT2D eigenvalue weighted by molar-refractivity contribution is 0.100. The van der Waals surface area contributed by atoms with E-state index in [1.54, 1.807) is 13.8 Å². The number of benzene rings is 2. The predicted molar refractivity (Wildman–Crippen MR) is 72.9 cm³/mol. The smallest absolute Gasteiger partial charge is 0.159 e. The molecule has 0 saturated carbocycles. The highest BCUT2D eigenvalue weighted by molar-refractivity contribution is 5.94. The van der Waals surface area contributed by atoms with Gasteiger partial charge in [-0.25, -0.2) is 0 Å². The number of rotatable bonds is 2. The first kappa shape index (κ1) is 13.8. The van der Waals surface area contributed by atoms with Gasteiger partial charge in [-0.15, -0.1) is 0 Å². The molecule has 2 nitrogen and oxygen atoms in total. The summed E-state index contributed by atoms with van der Waals surface area (Å²) in [5.74, 6) is 0.242. The molecule has 0 atom stereocenters. The average Bonchev–Trinajstić information content (AvgIpc) is 2.41. The van der Waals surface area contributed by atoms with Crippen molar-refractivity contribution in [3.05, 3.63) is 71.8 Å². The minimum atomic E-state index is 0.121. The van der Waals surface area contributed by atoms with Crippen LogP contribution in [0.25, 0.3) is 0 Å². The molecular formula is C16H16O2. The quantitative estimate of drug-likeness (QED) is 0.749. The molecule has 18 heavy (non-hydrogen) atoms. The average molecular weight is 240 g/mol. The lowest BCUT2D eigenvalue weighted by atomic mass is 10.2. The molecule has 0 fully saturated rings. The molecule has 2 aromatic carbocycles. The number of carbonyl (C=O) groups excluding carboxylic acids is 2. The Morgan fingerprint density at radius 3 is 1.06 bits per heavy atom. The largest absolute Gasteiger partial charge is 0.295 e. The van der Waals surface area contributed by atoms with Crippen LogP contribution >= 0.6 is 0 Å². The molecule has 0 radical (unpaired) electrons. The summed E-state index contributed by atoms with van der Waals surface area (Å²) < 4.78 is 0. The van der Waals surface area contributed by atoms with Crippen LogP contribution in [-0.4, -0.2) is 11.6 Å². The van der Waals surface area contributed by atoms with E-state index in [0.717, 1.165) is 11.1 Å². The first-order valence-electron chi connectivity index (χ1n) is 5.73. The van der Waals surface area contributed by atoms with Crippen molar-refractivity contribution in [1.29, 1.82) is 0 Å². The summed E-state index contributed by atoms with van der Waals surface area (Å²) in [7, 11) is 0. The van der Waals surface area contributed by atoms with Gasteiger partial charge in [-0.3, -0.25) is 9.59 Å². The van der Waals surface area contributed by atoms with Crippen LogP contribution in [0.15, 0.2) is 60.7 Å². The molecule has 0 amide bonds. The molecule has 0 spiro atoms. The lowest BCUT2D eigenvalue weighted by Gasteiger charge is -1.89. The second kappa shape index (κ2) is 7.17. The van der Waals surface area contributed by atoms with Crippen LogP contribution in [0.5, 0.6) is 0 Å². The van der Waals surface area contributed by atoms with Gasteiger partial charge >= 0.3 is 0 Å². The first-order chi connectivity index (χ1) is 8.61. The second-order valence-corrected chi connectivity index (χ2v) is 3.84. The summed E-state index contributed by atoms with van der Waals surface area (Å²) in [4.78, 5) is 21.3. The van der Waals surface area contributed by atoms with Crippen molar-refractivity contribution >= 4 is 11.6 Å². The SMILES string of the molecule is CC(=O)c1ccccc1.CC(=O)c1ccccc1. The minimum Gasteiger partial charge on any atom is -0.295 e. The highest BCUT2D eigenvalue weighted by atomic mass is 16.1. The van der Waals surface area contributed by atoms with E-state index in [9.17, 15) is 9.59 Å². The maximum absolute atomic E-state index is 10.6. The van der Waals surface area contributed by atoms with E-state index >= 15 is 0 Å². The number of hydrogen-bond donors (Lipinski definition) is 0. The van der Waals surface area contributed by atoms with Crippen LogP contribution in [0, 0.1) is 0 Å². The number of ketones is 2. The summed E-state index contributed by atoms with van der Waals surface area (Å²) in [5.41, 5.74) is 1.55. The Morgan fingerprint density at radius 2 is 0.889 bits per heavy atom. The Hall–Kier alpha value is -2.22. The van der Waals surface area contributed by atoms with Gasteiger partial charge in [0.05, 0.1) is 0 Å².